The van der Waals surface area contributed by atoms with Gasteiger partial charge in [0.1, 0.15) is 11.3 Å². The molecule has 10 heteroatoms. The number of aryl methyl sites for hydroxylation is 1. The van der Waals surface area contributed by atoms with Crippen molar-refractivity contribution in [2.45, 2.75) is 72.3 Å². The average molecular weight is 700 g/mol. The molecule has 0 bridgehead atoms. The van der Waals surface area contributed by atoms with Gasteiger partial charge in [0.25, 0.3) is 11.8 Å². The van der Waals surface area contributed by atoms with E-state index in [1.807, 2.05) is 77.1 Å². The molecule has 2 N–H and O–H groups in total. The summed E-state index contributed by atoms with van der Waals surface area (Å²) in [6, 6.07) is 22.5. The molecule has 0 saturated carbocycles. The van der Waals surface area contributed by atoms with E-state index >= 15 is 0 Å². The lowest BCUT2D eigenvalue weighted by Crippen LogP contribution is -2.42. The third-order valence-corrected chi connectivity index (χ3v) is 9.52. The van der Waals surface area contributed by atoms with Crippen LogP contribution in [0.2, 0.25) is 24.7 Å². The Balaban J connectivity index is 1.95. The normalized spacial score (nSPS) is 12.8. The largest absolute Gasteiger partial charge is 0.418 e. The van der Waals surface area contributed by atoms with E-state index in [4.69, 9.17) is 31.7 Å². The van der Waals surface area contributed by atoms with Crippen molar-refractivity contribution < 1.29 is 14.0 Å². The Labute approximate surface area is 296 Å². The maximum Gasteiger partial charge on any atom is 0.274 e. The number of carbonyl (C=O) groups excluding carboxylic acids is 2. The Kier molecular flexibility index (Phi) is 13.3. The number of aromatic nitrogens is 2. The minimum Gasteiger partial charge on any atom is -0.418 e. The zero-order valence-electron chi connectivity index (χ0n) is 29.7. The monoisotopic (exact) mass is 699 g/mol. The van der Waals surface area contributed by atoms with Gasteiger partial charge in [0.05, 0.1) is 18.1 Å². The molecule has 0 fully saturated rings. The van der Waals surface area contributed by atoms with Gasteiger partial charge in [-0.15, -0.1) is 0 Å². The molecule has 4 rings (SSSR count). The Hall–Kier alpha value is -3.89. The average Bonchev–Trinajstić information content (AvgIpc) is 3.05. The van der Waals surface area contributed by atoms with E-state index in [-0.39, 0.29) is 11.8 Å². The van der Waals surface area contributed by atoms with E-state index in [2.05, 4.69) is 40.1 Å². The number of carbonyl (C=O) groups is 2. The van der Waals surface area contributed by atoms with E-state index in [1.54, 1.807) is 12.1 Å². The lowest BCUT2D eigenvalue weighted by molar-refractivity contribution is -0.114. The fraction of sp³-hybridized carbons (Fsp3) is 0.385. The molecule has 0 spiro atoms. The van der Waals surface area contributed by atoms with Gasteiger partial charge in [-0.05, 0) is 94.2 Å². The van der Waals surface area contributed by atoms with Crippen molar-refractivity contribution in [2.24, 2.45) is 16.6 Å². The Morgan fingerprint density at radius 2 is 1.73 bits per heavy atom. The molecule has 0 radical (unpaired) electrons. The van der Waals surface area contributed by atoms with E-state index in [0.29, 0.717) is 83.9 Å². The predicted molar refractivity (Wildman–Crippen MR) is 202 cm³/mol. The second-order valence-electron chi connectivity index (χ2n) is 13.8. The topological polar surface area (TPSA) is 103 Å². The zero-order valence-corrected chi connectivity index (χ0v) is 31.5. The van der Waals surface area contributed by atoms with Crippen LogP contribution in [-0.4, -0.2) is 54.3 Å². The van der Waals surface area contributed by atoms with Crippen molar-refractivity contribution >= 4 is 42.6 Å². The van der Waals surface area contributed by atoms with Crippen molar-refractivity contribution in [2.75, 3.05) is 19.7 Å². The van der Waals surface area contributed by atoms with Gasteiger partial charge >= 0.3 is 0 Å². The summed E-state index contributed by atoms with van der Waals surface area (Å²) in [7, 11) is -1.67. The molecule has 1 aromatic heterocycles. The van der Waals surface area contributed by atoms with Crippen LogP contribution >= 0.6 is 11.6 Å². The molecule has 0 aliphatic rings. The van der Waals surface area contributed by atoms with E-state index in [1.165, 1.54) is 0 Å². The summed E-state index contributed by atoms with van der Waals surface area (Å²) in [6.45, 7) is 18.5. The lowest BCUT2D eigenvalue weighted by Gasteiger charge is -2.36. The van der Waals surface area contributed by atoms with E-state index in [0.717, 1.165) is 11.1 Å². The molecular formula is C39H50ClN5O3Si. The van der Waals surface area contributed by atoms with Gasteiger partial charge in [-0.2, -0.15) is 4.99 Å². The first-order valence-corrected chi connectivity index (χ1v) is 20.8. The van der Waals surface area contributed by atoms with Crippen LogP contribution in [0.1, 0.15) is 66.5 Å². The Bertz CT molecular complexity index is 1830. The number of fused-ring (bicyclic) bond motifs is 1. The van der Waals surface area contributed by atoms with Crippen LogP contribution in [-0.2, 0) is 15.8 Å². The second-order valence-corrected chi connectivity index (χ2v) is 18.8. The minimum absolute atomic E-state index is 0.0665. The quantitative estimate of drug-likeness (QED) is 0.0774. The molecule has 1 atom stereocenters. The molecule has 1 heterocycles. The van der Waals surface area contributed by atoms with Crippen molar-refractivity contribution in [3.8, 4) is 0 Å². The van der Waals surface area contributed by atoms with Crippen molar-refractivity contribution in [1.82, 2.24) is 14.5 Å². The fourth-order valence-corrected chi connectivity index (χ4v) is 6.65. The highest BCUT2D eigenvalue weighted by Crippen LogP contribution is 2.31. The first-order chi connectivity index (χ1) is 23.3. The third-order valence-electron chi connectivity index (χ3n) is 8.21. The standard InChI is InChI=1S/C39H50ClN5O3Si/c1-27(2)35(44(23-12-22-41)39(47)31-18-16-28(3)17-19-31)37-42-34-25-32(40)20-21-33(34)36(45(37)26-30-14-9-8-10-15-30)43-38(46)29(4)13-11-24-48-49(5,6)7/h8-10,14-21,25,27,35H,4,11-13,22-24,26,41H2,1-3,5-7H3. The van der Waals surface area contributed by atoms with Crippen LogP contribution in [0.4, 0.5) is 0 Å². The molecule has 3 aromatic carbocycles. The SMILES string of the molecule is C=C(CCCO[Si](C)(C)C)C(=O)N=c1c2ccc(Cl)cc2nc(C(C(C)C)N(CCCN)C(=O)c2ccc(C)cc2)n1Cc1ccccc1. The number of amides is 2. The molecule has 0 aliphatic carbocycles. The summed E-state index contributed by atoms with van der Waals surface area (Å²) >= 11 is 6.52. The number of halogens is 1. The van der Waals surface area contributed by atoms with Gasteiger partial charge in [-0.1, -0.05) is 80.1 Å². The number of hydrogen-bond donors (Lipinski definition) is 1. The molecule has 49 heavy (non-hydrogen) atoms. The number of benzene rings is 3. The van der Waals surface area contributed by atoms with Crippen LogP contribution < -0.4 is 11.2 Å². The van der Waals surface area contributed by atoms with Gasteiger partial charge in [0.2, 0.25) is 0 Å². The highest BCUT2D eigenvalue weighted by atomic mass is 35.5. The molecule has 0 aliphatic heterocycles. The van der Waals surface area contributed by atoms with Gasteiger partial charge < -0.3 is 19.6 Å². The summed E-state index contributed by atoms with van der Waals surface area (Å²) in [5.74, 6) is 0.0185. The van der Waals surface area contributed by atoms with Crippen LogP contribution in [0.15, 0.2) is 89.9 Å². The number of hydrogen-bond acceptors (Lipinski definition) is 5. The molecule has 4 aromatic rings. The second kappa shape index (κ2) is 17.2. The number of nitrogens with zero attached hydrogens (tertiary/aromatic N) is 4. The van der Waals surface area contributed by atoms with Crippen LogP contribution in [0.25, 0.3) is 10.9 Å². The van der Waals surface area contributed by atoms with Crippen LogP contribution in [0, 0.1) is 12.8 Å². The number of rotatable bonds is 15. The highest BCUT2D eigenvalue weighted by molar-refractivity contribution is 6.69. The summed E-state index contributed by atoms with van der Waals surface area (Å²) in [4.78, 5) is 40.0. The van der Waals surface area contributed by atoms with E-state index in [9.17, 15) is 9.59 Å². The van der Waals surface area contributed by atoms with Gasteiger partial charge in [0, 0.05) is 34.7 Å². The minimum atomic E-state index is -1.67. The van der Waals surface area contributed by atoms with Gasteiger partial charge in [0.15, 0.2) is 8.32 Å². The maximum absolute atomic E-state index is 14.3. The molecule has 2 amide bonds. The first-order valence-electron chi connectivity index (χ1n) is 17.0. The number of nitrogens with two attached hydrogens (primary N) is 1. The predicted octanol–water partition coefficient (Wildman–Crippen LogP) is 7.85. The molecule has 8 nitrogen and oxygen atoms in total. The Morgan fingerprint density at radius 3 is 2.37 bits per heavy atom. The Morgan fingerprint density at radius 1 is 1.04 bits per heavy atom. The first kappa shape index (κ1) is 37.9. The van der Waals surface area contributed by atoms with E-state index < -0.39 is 20.3 Å². The maximum atomic E-state index is 14.3. The van der Waals surface area contributed by atoms with Crippen molar-refractivity contribution in [3.05, 3.63) is 118 Å². The highest BCUT2D eigenvalue weighted by Gasteiger charge is 2.32. The van der Waals surface area contributed by atoms with Crippen molar-refractivity contribution in [1.29, 1.82) is 0 Å². The molecular weight excluding hydrogens is 650 g/mol. The molecule has 260 valence electrons. The van der Waals surface area contributed by atoms with Crippen LogP contribution in [0.3, 0.4) is 0 Å². The summed E-state index contributed by atoms with van der Waals surface area (Å²) in [6.07, 6.45) is 1.76. The van der Waals surface area contributed by atoms with Crippen LogP contribution in [0.5, 0.6) is 0 Å². The summed E-state index contributed by atoms with van der Waals surface area (Å²) < 4.78 is 7.97. The van der Waals surface area contributed by atoms with Gasteiger partial charge in [-0.3, -0.25) is 9.59 Å². The summed E-state index contributed by atoms with van der Waals surface area (Å²) in [5, 5.41) is 1.18. The van der Waals surface area contributed by atoms with Crippen molar-refractivity contribution in [3.63, 3.8) is 0 Å². The smallest absolute Gasteiger partial charge is 0.274 e. The fourth-order valence-electron chi connectivity index (χ4n) is 5.73. The molecule has 0 saturated heterocycles. The molecule has 1 unspecified atom stereocenters. The third kappa shape index (κ3) is 10.3. The van der Waals surface area contributed by atoms with Gasteiger partial charge in [-0.25, -0.2) is 4.98 Å². The zero-order chi connectivity index (χ0) is 35.7. The lowest BCUT2D eigenvalue weighted by atomic mass is 9.98. The summed E-state index contributed by atoms with van der Waals surface area (Å²) in [5.41, 5.74) is 10.1.